The molecule has 1 unspecified atom stereocenters. The first-order valence-electron chi connectivity index (χ1n) is 12.8. The summed E-state index contributed by atoms with van der Waals surface area (Å²) in [6.45, 7) is 2.94. The van der Waals surface area contributed by atoms with Gasteiger partial charge in [0, 0.05) is 45.0 Å². The molecular weight excluding hydrogens is 494 g/mol. The highest BCUT2D eigenvalue weighted by Crippen LogP contribution is 2.32. The van der Waals surface area contributed by atoms with Crippen LogP contribution in [0.3, 0.4) is 0 Å². The molecule has 2 aliphatic heterocycles. The van der Waals surface area contributed by atoms with Crippen LogP contribution in [0.5, 0.6) is 0 Å². The van der Waals surface area contributed by atoms with E-state index in [2.05, 4.69) is 22.2 Å². The summed E-state index contributed by atoms with van der Waals surface area (Å²) in [6.07, 6.45) is 12.4. The van der Waals surface area contributed by atoms with Gasteiger partial charge in [-0.3, -0.25) is 14.6 Å². The molecule has 202 valence electrons. The van der Waals surface area contributed by atoms with Crippen LogP contribution in [-0.2, 0) is 16.0 Å². The van der Waals surface area contributed by atoms with Crippen LogP contribution in [-0.4, -0.2) is 65.6 Å². The van der Waals surface area contributed by atoms with Gasteiger partial charge in [0.25, 0.3) is 11.7 Å². The maximum absolute atomic E-state index is 12.9. The van der Waals surface area contributed by atoms with Gasteiger partial charge in [-0.2, -0.15) is 10.8 Å². The Morgan fingerprint density at radius 2 is 1.97 bits per heavy atom. The van der Waals surface area contributed by atoms with E-state index in [1.165, 1.54) is 6.08 Å². The second-order valence-corrected chi connectivity index (χ2v) is 9.32. The number of benzene rings is 1. The van der Waals surface area contributed by atoms with Crippen molar-refractivity contribution in [1.29, 1.82) is 0 Å². The number of fused-ring (bicyclic) bond motifs is 1. The SMILES string of the molecule is CCCc1ccnc(NC(=O)c2ccc(C3=NC(CCN(C)C(=O)/C=C/COC)=C4C=NC=C[N+]34N)cc2)c1. The summed E-state index contributed by atoms with van der Waals surface area (Å²) in [7, 11) is 3.32. The molecule has 0 saturated carbocycles. The number of allylic oxidation sites excluding steroid dienone is 1. The minimum atomic E-state index is -0.246. The monoisotopic (exact) mass is 528 g/mol. The molecule has 0 aliphatic carbocycles. The van der Waals surface area contributed by atoms with Crippen LogP contribution in [0, 0.1) is 0 Å². The Labute approximate surface area is 228 Å². The van der Waals surface area contributed by atoms with Gasteiger partial charge in [0.1, 0.15) is 17.7 Å². The number of carbonyl (C=O) groups excluding carboxylic acids is 2. The number of hydrogen-bond acceptors (Lipinski definition) is 7. The van der Waals surface area contributed by atoms with Gasteiger partial charge in [0.15, 0.2) is 0 Å². The van der Waals surface area contributed by atoms with E-state index in [0.717, 1.165) is 35.4 Å². The number of nitrogens with zero attached hydrogens (tertiary/aromatic N) is 5. The number of carbonyl (C=O) groups is 2. The number of rotatable bonds is 11. The van der Waals surface area contributed by atoms with E-state index in [0.29, 0.717) is 36.8 Å². The standard InChI is InChI=1S/C29H33N7O3/c1-4-6-21-12-14-32-26(19-21)34-29(38)23-10-8-22(9-11-23)28-33-24(25-20-31-15-17-36(25,28)30)13-16-35(2)27(37)7-5-18-39-3/h5,7-12,14-15,17,19-20H,4,6,13,16,18,30H2,1-3H3/p+1/b7-5+. The number of aryl methyl sites for hydroxylation is 1. The number of hydrogen-bond donors (Lipinski definition) is 2. The van der Waals surface area contributed by atoms with Crippen molar-refractivity contribution in [3.8, 4) is 0 Å². The van der Waals surface area contributed by atoms with E-state index in [1.54, 1.807) is 62.1 Å². The maximum atomic E-state index is 12.9. The molecule has 3 heterocycles. The van der Waals surface area contributed by atoms with Gasteiger partial charge < -0.3 is 15.0 Å². The molecule has 0 fully saturated rings. The second kappa shape index (κ2) is 12.5. The molecule has 0 spiro atoms. The van der Waals surface area contributed by atoms with E-state index in [-0.39, 0.29) is 16.4 Å². The van der Waals surface area contributed by atoms with Crippen LogP contribution in [0.1, 0.15) is 41.3 Å². The fourth-order valence-electron chi connectivity index (χ4n) is 4.34. The van der Waals surface area contributed by atoms with Gasteiger partial charge >= 0.3 is 0 Å². The second-order valence-electron chi connectivity index (χ2n) is 9.32. The summed E-state index contributed by atoms with van der Waals surface area (Å²) in [4.78, 5) is 40.2. The first-order valence-corrected chi connectivity index (χ1v) is 12.8. The number of methoxy groups -OCH3 is 1. The average Bonchev–Trinajstić information content (AvgIpc) is 3.24. The lowest BCUT2D eigenvalue weighted by Gasteiger charge is -2.26. The van der Waals surface area contributed by atoms with Crippen molar-refractivity contribution in [1.82, 2.24) is 9.88 Å². The number of quaternary nitrogens is 1. The van der Waals surface area contributed by atoms with Gasteiger partial charge in [-0.1, -0.05) is 19.4 Å². The van der Waals surface area contributed by atoms with Crippen LogP contribution >= 0.6 is 0 Å². The third-order valence-corrected chi connectivity index (χ3v) is 6.46. The molecule has 0 saturated heterocycles. The Hall–Kier alpha value is -4.25. The first-order chi connectivity index (χ1) is 18.9. The van der Waals surface area contributed by atoms with Crippen molar-refractivity contribution < 1.29 is 18.9 Å². The normalized spacial score (nSPS) is 17.9. The zero-order chi connectivity index (χ0) is 27.8. The van der Waals surface area contributed by atoms with Crippen LogP contribution < -0.4 is 11.2 Å². The van der Waals surface area contributed by atoms with Crippen LogP contribution in [0.2, 0.25) is 0 Å². The average molecular weight is 529 g/mol. The molecule has 3 N–H and O–H groups in total. The van der Waals surface area contributed by atoms with Gasteiger partial charge in [0.2, 0.25) is 11.6 Å². The fourth-order valence-corrected chi connectivity index (χ4v) is 4.34. The lowest BCUT2D eigenvalue weighted by Crippen LogP contribution is -2.53. The smallest absolute Gasteiger partial charge is 0.264 e. The van der Waals surface area contributed by atoms with Crippen LogP contribution in [0.25, 0.3) is 0 Å². The fraction of sp³-hybridized carbons (Fsp3) is 0.276. The molecule has 10 heteroatoms. The highest BCUT2D eigenvalue weighted by Gasteiger charge is 2.43. The molecule has 1 aromatic carbocycles. The number of nitrogens with one attached hydrogen (secondary N) is 1. The highest BCUT2D eigenvalue weighted by molar-refractivity contribution is 6.05. The molecular formula is C29H34N7O3+. The van der Waals surface area contributed by atoms with E-state index < -0.39 is 0 Å². The van der Waals surface area contributed by atoms with Crippen molar-refractivity contribution in [3.63, 3.8) is 0 Å². The van der Waals surface area contributed by atoms with Gasteiger partial charge in [-0.15, -0.1) is 4.59 Å². The Morgan fingerprint density at radius 1 is 1.18 bits per heavy atom. The number of anilines is 1. The summed E-state index contributed by atoms with van der Waals surface area (Å²) in [5.41, 5.74) is 3.89. The Kier molecular flexibility index (Phi) is 8.92. The lowest BCUT2D eigenvalue weighted by atomic mass is 10.1. The Morgan fingerprint density at radius 3 is 2.72 bits per heavy atom. The third-order valence-electron chi connectivity index (χ3n) is 6.46. The van der Waals surface area contributed by atoms with Gasteiger partial charge in [0.05, 0.1) is 24.6 Å². The number of aliphatic imine (C=N–C) groups is 2. The first kappa shape index (κ1) is 27.8. The van der Waals surface area contributed by atoms with Crippen molar-refractivity contribution >= 4 is 29.7 Å². The van der Waals surface area contributed by atoms with Crippen molar-refractivity contribution in [2.24, 2.45) is 15.8 Å². The summed E-state index contributed by atoms with van der Waals surface area (Å²) in [6, 6.07) is 11.0. The number of likely N-dealkylation sites (N-methyl/N-ethyl adjacent to an activating group) is 1. The van der Waals surface area contributed by atoms with E-state index in [1.807, 2.05) is 24.3 Å². The number of amidine groups is 1. The number of aromatic nitrogens is 1. The van der Waals surface area contributed by atoms with Crippen molar-refractivity contribution in [2.75, 3.05) is 32.6 Å². The Bertz CT molecular complexity index is 1380. The Balaban J connectivity index is 1.48. The topological polar surface area (TPSA) is 122 Å². The molecule has 2 aromatic rings. The number of amides is 2. The number of pyridine rings is 1. The summed E-state index contributed by atoms with van der Waals surface area (Å²) in [5.74, 6) is 7.56. The molecule has 39 heavy (non-hydrogen) atoms. The largest absolute Gasteiger partial charge is 0.381 e. The zero-order valence-corrected chi connectivity index (χ0v) is 22.5. The molecule has 1 atom stereocenters. The summed E-state index contributed by atoms with van der Waals surface area (Å²) < 4.78 is 4.82. The van der Waals surface area contributed by atoms with Crippen LogP contribution in [0.4, 0.5) is 5.82 Å². The molecule has 4 rings (SSSR count). The minimum absolute atomic E-state index is 0.119. The third kappa shape index (κ3) is 6.43. The van der Waals surface area contributed by atoms with Crippen molar-refractivity contribution in [2.45, 2.75) is 26.2 Å². The molecule has 0 bridgehead atoms. The molecule has 1 aromatic heterocycles. The molecule has 10 nitrogen and oxygen atoms in total. The highest BCUT2D eigenvalue weighted by atomic mass is 16.5. The quantitative estimate of drug-likeness (QED) is 0.262. The summed E-state index contributed by atoms with van der Waals surface area (Å²) >= 11 is 0. The molecule has 0 radical (unpaired) electrons. The van der Waals surface area contributed by atoms with Crippen LogP contribution in [0.15, 0.2) is 88.5 Å². The molecule has 2 amide bonds. The predicted octanol–water partition coefficient (Wildman–Crippen LogP) is 3.56. The van der Waals surface area contributed by atoms with E-state index in [9.17, 15) is 9.59 Å². The van der Waals surface area contributed by atoms with Crippen molar-refractivity contribution in [3.05, 3.63) is 95.2 Å². The molecule has 2 aliphatic rings. The number of ether oxygens (including phenoxy) is 1. The lowest BCUT2D eigenvalue weighted by molar-refractivity contribution is -0.750. The van der Waals surface area contributed by atoms with E-state index >= 15 is 0 Å². The van der Waals surface area contributed by atoms with E-state index in [4.69, 9.17) is 15.6 Å². The predicted molar refractivity (Wildman–Crippen MR) is 152 cm³/mol. The summed E-state index contributed by atoms with van der Waals surface area (Å²) in [5, 5.41) is 2.87. The van der Waals surface area contributed by atoms with Gasteiger partial charge in [-0.05, 0) is 48.4 Å². The number of nitrogens with two attached hydrogens (primary N) is 1. The minimum Gasteiger partial charge on any atom is -0.381 e. The maximum Gasteiger partial charge on any atom is 0.264 e. The van der Waals surface area contributed by atoms with Gasteiger partial charge in [-0.25, -0.2) is 4.98 Å². The zero-order valence-electron chi connectivity index (χ0n) is 22.5.